The van der Waals surface area contributed by atoms with Crippen LogP contribution in [-0.4, -0.2) is 30.8 Å². The number of halogens is 1. The number of rotatable bonds is 7. The minimum absolute atomic E-state index is 0.212. The summed E-state index contributed by atoms with van der Waals surface area (Å²) in [5.74, 6) is 0.615. The molecule has 2 N–H and O–H groups in total. The van der Waals surface area contributed by atoms with Crippen LogP contribution in [0, 0.1) is 5.92 Å². The normalized spacial score (nSPS) is 12.3. The van der Waals surface area contributed by atoms with Gasteiger partial charge in [-0.3, -0.25) is 4.79 Å². The van der Waals surface area contributed by atoms with Crippen LogP contribution < -0.4 is 10.1 Å². The number of methoxy groups -OCH3 is 1. The fourth-order valence-corrected chi connectivity index (χ4v) is 2.52. The number of amides is 1. The SMILES string of the molecule is CCC(CC)C(O)CNC(=O)c1cc(OC)ccc1Br. The van der Waals surface area contributed by atoms with E-state index in [1.807, 2.05) is 13.8 Å². The van der Waals surface area contributed by atoms with E-state index in [9.17, 15) is 9.90 Å². The van der Waals surface area contributed by atoms with E-state index in [1.54, 1.807) is 25.3 Å². The number of nitrogens with one attached hydrogen (secondary N) is 1. The molecule has 0 radical (unpaired) electrons. The molecule has 1 amide bonds. The van der Waals surface area contributed by atoms with Crippen molar-refractivity contribution < 1.29 is 14.6 Å². The molecule has 4 nitrogen and oxygen atoms in total. The third-order valence-electron chi connectivity index (χ3n) is 3.48. The summed E-state index contributed by atoms with van der Waals surface area (Å²) in [5, 5.41) is 12.8. The van der Waals surface area contributed by atoms with Gasteiger partial charge in [-0.2, -0.15) is 0 Å². The summed E-state index contributed by atoms with van der Waals surface area (Å²) in [4.78, 5) is 12.1. The van der Waals surface area contributed by atoms with Gasteiger partial charge < -0.3 is 15.2 Å². The molecule has 20 heavy (non-hydrogen) atoms. The molecule has 0 bridgehead atoms. The van der Waals surface area contributed by atoms with Crippen molar-refractivity contribution in [1.29, 1.82) is 0 Å². The van der Waals surface area contributed by atoms with Crippen molar-refractivity contribution in [3.05, 3.63) is 28.2 Å². The van der Waals surface area contributed by atoms with Crippen molar-refractivity contribution >= 4 is 21.8 Å². The Balaban J connectivity index is 2.67. The summed E-state index contributed by atoms with van der Waals surface area (Å²) in [6.45, 7) is 4.34. The number of ether oxygens (including phenoxy) is 1. The number of carbonyl (C=O) groups excluding carboxylic acids is 1. The van der Waals surface area contributed by atoms with E-state index in [-0.39, 0.29) is 18.4 Å². The molecule has 0 saturated heterocycles. The second-order valence-electron chi connectivity index (χ2n) is 4.70. The van der Waals surface area contributed by atoms with Gasteiger partial charge >= 0.3 is 0 Å². The van der Waals surface area contributed by atoms with Crippen LogP contribution in [0.2, 0.25) is 0 Å². The molecule has 1 aromatic rings. The Hall–Kier alpha value is -1.07. The van der Waals surface area contributed by atoms with Crippen molar-refractivity contribution in [3.8, 4) is 5.75 Å². The van der Waals surface area contributed by atoms with Gasteiger partial charge in [0.2, 0.25) is 0 Å². The molecule has 0 spiro atoms. The lowest BCUT2D eigenvalue weighted by molar-refractivity contribution is 0.0816. The summed E-state index contributed by atoms with van der Waals surface area (Å²) >= 11 is 3.34. The maximum atomic E-state index is 12.1. The van der Waals surface area contributed by atoms with Crippen molar-refractivity contribution in [2.45, 2.75) is 32.8 Å². The third kappa shape index (κ3) is 4.49. The first kappa shape index (κ1) is 17.0. The standard InChI is InChI=1S/C15H22BrNO3/c1-4-10(5-2)14(18)9-17-15(19)12-8-11(20-3)6-7-13(12)16/h6-8,10,14,18H,4-5,9H2,1-3H3,(H,17,19). The zero-order chi connectivity index (χ0) is 15.1. The highest BCUT2D eigenvalue weighted by atomic mass is 79.9. The predicted octanol–water partition coefficient (Wildman–Crippen LogP) is 2.98. The largest absolute Gasteiger partial charge is 0.497 e. The number of aliphatic hydroxyl groups excluding tert-OH is 1. The number of hydrogen-bond donors (Lipinski definition) is 2. The highest BCUT2D eigenvalue weighted by Crippen LogP contribution is 2.22. The van der Waals surface area contributed by atoms with Crippen LogP contribution in [0.4, 0.5) is 0 Å². The Bertz CT molecular complexity index is 447. The maximum Gasteiger partial charge on any atom is 0.252 e. The van der Waals surface area contributed by atoms with Gasteiger partial charge in [-0.1, -0.05) is 26.7 Å². The predicted molar refractivity (Wildman–Crippen MR) is 83.1 cm³/mol. The van der Waals surface area contributed by atoms with Gasteiger partial charge in [-0.25, -0.2) is 0 Å². The summed E-state index contributed by atoms with van der Waals surface area (Å²) in [5.41, 5.74) is 0.501. The first-order chi connectivity index (χ1) is 9.53. The van der Waals surface area contributed by atoms with E-state index >= 15 is 0 Å². The first-order valence-corrected chi connectivity index (χ1v) is 7.62. The van der Waals surface area contributed by atoms with Gasteiger partial charge in [-0.15, -0.1) is 0 Å². The van der Waals surface area contributed by atoms with Crippen LogP contribution in [0.25, 0.3) is 0 Å². The Morgan fingerprint density at radius 3 is 2.60 bits per heavy atom. The summed E-state index contributed by atoms with van der Waals surface area (Å²) in [6, 6.07) is 5.22. The first-order valence-electron chi connectivity index (χ1n) is 6.83. The van der Waals surface area contributed by atoms with Gasteiger partial charge in [0.25, 0.3) is 5.91 Å². The molecule has 0 heterocycles. The summed E-state index contributed by atoms with van der Waals surface area (Å²) in [6.07, 6.45) is 1.28. The van der Waals surface area contributed by atoms with Crippen molar-refractivity contribution in [1.82, 2.24) is 5.32 Å². The Labute approximate surface area is 128 Å². The number of aliphatic hydroxyl groups is 1. The third-order valence-corrected chi connectivity index (χ3v) is 4.17. The molecule has 0 aliphatic heterocycles. The molecule has 112 valence electrons. The molecule has 0 saturated carbocycles. The van der Waals surface area contributed by atoms with Gasteiger partial charge in [0, 0.05) is 11.0 Å². The van der Waals surface area contributed by atoms with E-state index < -0.39 is 6.10 Å². The fourth-order valence-electron chi connectivity index (χ4n) is 2.10. The number of hydrogen-bond acceptors (Lipinski definition) is 3. The molecule has 1 atom stereocenters. The Morgan fingerprint density at radius 2 is 2.05 bits per heavy atom. The smallest absolute Gasteiger partial charge is 0.252 e. The highest BCUT2D eigenvalue weighted by molar-refractivity contribution is 9.10. The Kier molecular flexibility index (Phi) is 7.02. The summed E-state index contributed by atoms with van der Waals surface area (Å²) < 4.78 is 5.81. The average Bonchev–Trinajstić information content (AvgIpc) is 2.46. The van der Waals surface area contributed by atoms with Crippen LogP contribution in [0.5, 0.6) is 5.75 Å². The van der Waals surface area contributed by atoms with Crippen LogP contribution >= 0.6 is 15.9 Å². The fraction of sp³-hybridized carbons (Fsp3) is 0.533. The summed E-state index contributed by atoms with van der Waals surface area (Å²) in [7, 11) is 1.56. The van der Waals surface area contributed by atoms with E-state index in [2.05, 4.69) is 21.2 Å². The quantitative estimate of drug-likeness (QED) is 0.800. The monoisotopic (exact) mass is 343 g/mol. The lowest BCUT2D eigenvalue weighted by atomic mass is 9.96. The van der Waals surface area contributed by atoms with Crippen LogP contribution in [-0.2, 0) is 0 Å². The van der Waals surface area contributed by atoms with Gasteiger partial charge in [0.05, 0.1) is 18.8 Å². The molecule has 1 aromatic carbocycles. The molecular formula is C15H22BrNO3. The second-order valence-corrected chi connectivity index (χ2v) is 5.55. The minimum atomic E-state index is -0.515. The second kappa shape index (κ2) is 8.27. The van der Waals surface area contributed by atoms with Crippen molar-refractivity contribution in [2.75, 3.05) is 13.7 Å². The molecule has 1 unspecified atom stereocenters. The number of benzene rings is 1. The van der Waals surface area contributed by atoms with Gasteiger partial charge in [0.1, 0.15) is 5.75 Å². The molecule has 0 fully saturated rings. The van der Waals surface area contributed by atoms with E-state index in [0.717, 1.165) is 12.8 Å². The Morgan fingerprint density at radius 1 is 1.40 bits per heavy atom. The lowest BCUT2D eigenvalue weighted by Crippen LogP contribution is -2.36. The van der Waals surface area contributed by atoms with Gasteiger partial charge in [-0.05, 0) is 40.0 Å². The zero-order valence-corrected chi connectivity index (χ0v) is 13.7. The van der Waals surface area contributed by atoms with E-state index in [1.165, 1.54) is 0 Å². The van der Waals surface area contributed by atoms with Crippen molar-refractivity contribution in [3.63, 3.8) is 0 Å². The molecule has 1 rings (SSSR count). The minimum Gasteiger partial charge on any atom is -0.497 e. The highest BCUT2D eigenvalue weighted by Gasteiger charge is 2.17. The van der Waals surface area contributed by atoms with Crippen LogP contribution in [0.15, 0.2) is 22.7 Å². The molecule has 0 aromatic heterocycles. The van der Waals surface area contributed by atoms with Crippen molar-refractivity contribution in [2.24, 2.45) is 5.92 Å². The molecular weight excluding hydrogens is 322 g/mol. The topological polar surface area (TPSA) is 58.6 Å². The van der Waals surface area contributed by atoms with E-state index in [0.29, 0.717) is 15.8 Å². The number of carbonyl (C=O) groups is 1. The maximum absolute atomic E-state index is 12.1. The van der Waals surface area contributed by atoms with E-state index in [4.69, 9.17) is 4.74 Å². The van der Waals surface area contributed by atoms with Gasteiger partial charge in [0.15, 0.2) is 0 Å². The van der Waals surface area contributed by atoms with Crippen LogP contribution in [0.1, 0.15) is 37.0 Å². The average molecular weight is 344 g/mol. The molecule has 0 aliphatic carbocycles. The van der Waals surface area contributed by atoms with Crippen LogP contribution in [0.3, 0.4) is 0 Å². The lowest BCUT2D eigenvalue weighted by Gasteiger charge is -2.20. The zero-order valence-electron chi connectivity index (χ0n) is 12.1. The molecule has 5 heteroatoms. The molecule has 0 aliphatic rings.